The first kappa shape index (κ1) is 36.7. The van der Waals surface area contributed by atoms with Crippen LogP contribution in [-0.4, -0.2) is 20.3 Å². The number of pyridine rings is 2. The molecule has 6 rings (SSSR count). The zero-order valence-corrected chi connectivity index (χ0v) is 31.5. The molecular formula is C42H46FeN2P2. The van der Waals surface area contributed by atoms with Crippen LogP contribution in [0, 0.1) is 0 Å². The molecule has 6 aromatic rings. The van der Waals surface area contributed by atoms with Gasteiger partial charge in [0.2, 0.25) is 0 Å². The van der Waals surface area contributed by atoms with Crippen LogP contribution in [0.2, 0.25) is 0 Å². The van der Waals surface area contributed by atoms with Gasteiger partial charge in [0, 0.05) is 12.4 Å². The van der Waals surface area contributed by atoms with Crippen molar-refractivity contribution in [1.82, 2.24) is 9.97 Å². The Morgan fingerprint density at radius 1 is 0.660 bits per heavy atom. The van der Waals surface area contributed by atoms with E-state index in [0.717, 1.165) is 17.5 Å². The molecule has 0 aliphatic heterocycles. The number of hydrogen-bond donors (Lipinski definition) is 0. The minimum atomic E-state index is -0.620. The number of rotatable bonds is 7. The van der Waals surface area contributed by atoms with Crippen molar-refractivity contribution in [3.63, 3.8) is 0 Å². The molecular weight excluding hydrogens is 650 g/mol. The molecule has 2 aromatic heterocycles. The van der Waals surface area contributed by atoms with Crippen molar-refractivity contribution in [3.8, 4) is 22.3 Å². The van der Waals surface area contributed by atoms with Gasteiger partial charge in [0.1, 0.15) is 0 Å². The molecule has 0 bridgehead atoms. The quantitative estimate of drug-likeness (QED) is 0.0943. The van der Waals surface area contributed by atoms with Crippen LogP contribution in [0.25, 0.3) is 22.3 Å². The topological polar surface area (TPSA) is 25.8 Å². The first-order valence-corrected chi connectivity index (χ1v) is 18.1. The summed E-state index contributed by atoms with van der Waals surface area (Å²) in [5.74, 6) is 0. The zero-order valence-electron chi connectivity index (χ0n) is 28.3. The molecule has 1 unspecified atom stereocenters. The predicted molar refractivity (Wildman–Crippen MR) is 203 cm³/mol. The molecule has 47 heavy (non-hydrogen) atoms. The Morgan fingerprint density at radius 2 is 1.15 bits per heavy atom. The molecule has 0 aliphatic rings. The third kappa shape index (κ3) is 8.46. The number of aromatic nitrogens is 2. The van der Waals surface area contributed by atoms with Gasteiger partial charge in [0.05, 0.1) is 16.5 Å². The van der Waals surface area contributed by atoms with Crippen molar-refractivity contribution in [2.45, 2.75) is 63.2 Å². The molecule has 5 heteroatoms. The van der Waals surface area contributed by atoms with Crippen LogP contribution < -0.4 is 0 Å². The third-order valence-electron chi connectivity index (χ3n) is 8.39. The Labute approximate surface area is 296 Å². The van der Waals surface area contributed by atoms with Crippen LogP contribution in [0.3, 0.4) is 0 Å². The Morgan fingerprint density at radius 3 is 1.57 bits per heavy atom. The second kappa shape index (κ2) is 15.8. The minimum absolute atomic E-state index is 0. The van der Waals surface area contributed by atoms with E-state index in [-0.39, 0.29) is 27.4 Å². The second-order valence-corrected chi connectivity index (χ2v) is 18.4. The average molecular weight is 697 g/mol. The van der Waals surface area contributed by atoms with Crippen molar-refractivity contribution in [3.05, 3.63) is 168 Å². The predicted octanol–water partition coefficient (Wildman–Crippen LogP) is 11.7. The van der Waals surface area contributed by atoms with Gasteiger partial charge in [-0.25, -0.2) is 12.1 Å². The molecule has 1 atom stereocenters. The molecule has 2 nitrogen and oxygen atoms in total. The van der Waals surface area contributed by atoms with E-state index >= 15 is 0 Å². The first-order valence-electron chi connectivity index (χ1n) is 16.0. The number of benzene rings is 2. The van der Waals surface area contributed by atoms with Crippen LogP contribution in [-0.2, 0) is 28.4 Å². The standard InChI is InChI=1S/C37H41N2P2.C5H5.Fe/c1-35(2,3)41(36(4,5)6)26-30-31(37(40,32-21-13-15-23-38-32)33-22-14-16-24-39-33)25-29(27-17-9-7-10-18-27)34(30)28-19-11-8-12-20-28;1-2-4-5-3-1;/h7-25H,26,40H2,1-6H3;1-5H;/q2*-1;+2. The molecule has 0 amide bonds. The molecule has 0 fully saturated rings. The van der Waals surface area contributed by atoms with Crippen molar-refractivity contribution in [2.24, 2.45) is 0 Å². The van der Waals surface area contributed by atoms with Gasteiger partial charge in [-0.15, -0.1) is 33.0 Å². The SMILES string of the molecule is CC(C)(C)P(Cc1c(C(P)(c2ccccn2)c2ccccn2)cc(-c2ccccc2)[c-]1-c1ccccc1)C(C)(C)C.[Fe+2].c1cc[cH-]c1. The maximum atomic E-state index is 4.95. The van der Waals surface area contributed by atoms with E-state index in [1.54, 1.807) is 0 Å². The molecule has 242 valence electrons. The largest absolute Gasteiger partial charge is 2.00 e. The Balaban J connectivity index is 0.000000762. The summed E-state index contributed by atoms with van der Waals surface area (Å²) in [6, 6.07) is 46.6. The number of hydrogen-bond acceptors (Lipinski definition) is 2. The summed E-state index contributed by atoms with van der Waals surface area (Å²) >= 11 is 0. The van der Waals surface area contributed by atoms with E-state index in [9.17, 15) is 0 Å². The minimum Gasteiger partial charge on any atom is -0.260 e. The molecule has 4 aromatic carbocycles. The molecule has 0 aliphatic carbocycles. The van der Waals surface area contributed by atoms with Crippen LogP contribution >= 0.6 is 17.2 Å². The number of nitrogens with zero attached hydrogens (tertiary/aromatic N) is 2. The summed E-state index contributed by atoms with van der Waals surface area (Å²) in [4.78, 5) is 9.90. The van der Waals surface area contributed by atoms with E-state index in [0.29, 0.717) is 0 Å². The van der Waals surface area contributed by atoms with Gasteiger partial charge in [-0.3, -0.25) is 9.97 Å². The van der Waals surface area contributed by atoms with Crippen molar-refractivity contribution >= 4 is 17.2 Å². The first-order chi connectivity index (χ1) is 22.0. The zero-order chi connectivity index (χ0) is 32.8. The van der Waals surface area contributed by atoms with Crippen LogP contribution in [0.5, 0.6) is 0 Å². The summed E-state index contributed by atoms with van der Waals surface area (Å²) in [6.07, 6.45) is 4.80. The molecule has 0 radical (unpaired) electrons. The van der Waals surface area contributed by atoms with Crippen LogP contribution in [0.1, 0.15) is 64.1 Å². The normalized spacial score (nSPS) is 11.8. The Kier molecular flexibility index (Phi) is 12.3. The molecule has 0 saturated carbocycles. The van der Waals surface area contributed by atoms with E-state index in [1.807, 2.05) is 54.9 Å². The van der Waals surface area contributed by atoms with Gasteiger partial charge < -0.3 is 0 Å². The second-order valence-electron chi connectivity index (χ2n) is 13.7. The van der Waals surface area contributed by atoms with Gasteiger partial charge in [0.25, 0.3) is 0 Å². The Bertz CT molecular complexity index is 1700. The molecule has 0 N–H and O–H groups in total. The van der Waals surface area contributed by atoms with Crippen molar-refractivity contribution < 1.29 is 17.1 Å². The van der Waals surface area contributed by atoms with E-state index in [1.165, 1.54) is 33.4 Å². The van der Waals surface area contributed by atoms with Crippen LogP contribution in [0.15, 0.2) is 146 Å². The summed E-state index contributed by atoms with van der Waals surface area (Å²) in [6.45, 7) is 14.5. The van der Waals surface area contributed by atoms with Gasteiger partial charge in [-0.05, 0) is 40.7 Å². The van der Waals surface area contributed by atoms with Gasteiger partial charge in [-0.1, -0.05) is 138 Å². The van der Waals surface area contributed by atoms with Crippen LogP contribution in [0.4, 0.5) is 0 Å². The summed E-state index contributed by atoms with van der Waals surface area (Å²) in [5, 5.41) is -0.282. The van der Waals surface area contributed by atoms with E-state index < -0.39 is 13.1 Å². The maximum Gasteiger partial charge on any atom is 2.00 e. The van der Waals surface area contributed by atoms with Gasteiger partial charge in [0.15, 0.2) is 0 Å². The summed E-state index contributed by atoms with van der Waals surface area (Å²) < 4.78 is 0. The maximum absolute atomic E-state index is 4.95. The molecule has 2 heterocycles. The van der Waals surface area contributed by atoms with Gasteiger partial charge in [-0.2, -0.15) is 18.2 Å². The smallest absolute Gasteiger partial charge is 0.260 e. The monoisotopic (exact) mass is 696 g/mol. The molecule has 0 saturated heterocycles. The van der Waals surface area contributed by atoms with Crippen molar-refractivity contribution in [1.29, 1.82) is 0 Å². The van der Waals surface area contributed by atoms with Gasteiger partial charge >= 0.3 is 17.1 Å². The Hall–Kier alpha value is -3.18. The average Bonchev–Trinajstić information content (AvgIpc) is 3.77. The third-order valence-corrected chi connectivity index (χ3v) is 13.2. The fraction of sp³-hybridized carbons (Fsp3) is 0.238. The summed E-state index contributed by atoms with van der Waals surface area (Å²) in [7, 11) is 2.78. The van der Waals surface area contributed by atoms with Crippen molar-refractivity contribution in [2.75, 3.05) is 0 Å². The van der Waals surface area contributed by atoms with E-state index in [2.05, 4.69) is 142 Å². The molecule has 0 spiro atoms. The van der Waals surface area contributed by atoms with E-state index in [4.69, 9.17) is 9.97 Å². The summed E-state index contributed by atoms with van der Waals surface area (Å²) in [5.41, 5.74) is 9.68. The fourth-order valence-electron chi connectivity index (χ4n) is 6.46. The fourth-order valence-corrected chi connectivity index (χ4v) is 10.7.